The molecule has 3 rings (SSSR count). The molecule has 2 heterocycles. The van der Waals surface area contributed by atoms with Crippen LogP contribution in [-0.2, 0) is 14.3 Å². The van der Waals surface area contributed by atoms with Gasteiger partial charge in [0.25, 0.3) is 6.47 Å². The van der Waals surface area contributed by atoms with Gasteiger partial charge in [-0.3, -0.25) is 9.59 Å². The van der Waals surface area contributed by atoms with Crippen LogP contribution in [0.25, 0.3) is 10.2 Å². The number of methoxy groups -OCH3 is 1. The quantitative estimate of drug-likeness (QED) is 0.266. The predicted octanol–water partition coefficient (Wildman–Crippen LogP) is 3.76. The minimum absolute atomic E-state index is 0.0719. The molecule has 10 heteroatoms. The number of thiophene rings is 1. The average Bonchev–Trinajstić information content (AvgIpc) is 2.97. The number of fused-ring (bicyclic) bond motifs is 1. The third-order valence-corrected chi connectivity index (χ3v) is 6.65. The van der Waals surface area contributed by atoms with Crippen LogP contribution in [0.5, 0.6) is 0 Å². The highest BCUT2D eigenvalue weighted by molar-refractivity contribution is 9.10. The van der Waals surface area contributed by atoms with Crippen LogP contribution in [0.15, 0.2) is 22.7 Å². The molecule has 2 atom stereocenters. The number of nitrogens with one attached hydrogen (secondary N) is 1. The molecule has 0 spiro atoms. The summed E-state index contributed by atoms with van der Waals surface area (Å²) >= 11 is 11.4. The van der Waals surface area contributed by atoms with E-state index in [1.54, 1.807) is 17.4 Å². The van der Waals surface area contributed by atoms with Gasteiger partial charge in [-0.25, -0.2) is 4.98 Å². The van der Waals surface area contributed by atoms with E-state index < -0.39 is 0 Å². The first-order valence-electron chi connectivity index (χ1n) is 8.00. The zero-order chi connectivity index (χ0) is 20.0. The number of anilines is 1. The first kappa shape index (κ1) is 21.6. The predicted molar refractivity (Wildman–Crippen MR) is 111 cm³/mol. The number of nitrogens with two attached hydrogens (primary N) is 1. The van der Waals surface area contributed by atoms with Crippen LogP contribution in [0.1, 0.15) is 23.6 Å². The lowest BCUT2D eigenvalue weighted by Gasteiger charge is -2.24. The van der Waals surface area contributed by atoms with Gasteiger partial charge in [-0.2, -0.15) is 0 Å². The molecule has 0 fully saturated rings. The number of hydrogen-bond donors (Lipinski definition) is 3. The van der Waals surface area contributed by atoms with Gasteiger partial charge >= 0.3 is 5.97 Å². The van der Waals surface area contributed by atoms with Crippen LogP contribution < -0.4 is 11.1 Å². The van der Waals surface area contributed by atoms with Gasteiger partial charge in [-0.15, -0.1) is 11.3 Å². The summed E-state index contributed by atoms with van der Waals surface area (Å²) in [5.41, 5.74) is 7.86. The summed E-state index contributed by atoms with van der Waals surface area (Å²) in [6.45, 7) is -0.178. The molecule has 0 saturated heterocycles. The van der Waals surface area contributed by atoms with Crippen molar-refractivity contribution >= 4 is 67.2 Å². The van der Waals surface area contributed by atoms with Crippen molar-refractivity contribution in [1.29, 1.82) is 0 Å². The van der Waals surface area contributed by atoms with Crippen LogP contribution in [0.3, 0.4) is 0 Å². The number of rotatable bonds is 4. The van der Waals surface area contributed by atoms with Gasteiger partial charge in [0.05, 0.1) is 27.5 Å². The Labute approximate surface area is 173 Å². The second-order valence-corrected chi connectivity index (χ2v) is 7.93. The Morgan fingerprint density at radius 2 is 2.22 bits per heavy atom. The molecule has 0 bridgehead atoms. The van der Waals surface area contributed by atoms with Crippen molar-refractivity contribution in [3.05, 3.63) is 32.7 Å². The number of aromatic nitrogens is 1. The monoisotopic (exact) mass is 475 g/mol. The van der Waals surface area contributed by atoms with Crippen LogP contribution in [0.4, 0.5) is 5.69 Å². The number of esters is 1. The van der Waals surface area contributed by atoms with Gasteiger partial charge in [-0.05, 0) is 28.8 Å². The van der Waals surface area contributed by atoms with E-state index in [0.717, 1.165) is 38.1 Å². The molecular formula is C17H19BrClN3O4S. The first-order valence-corrected chi connectivity index (χ1v) is 9.99. The fourth-order valence-corrected chi connectivity index (χ4v) is 5.23. The van der Waals surface area contributed by atoms with E-state index in [-0.39, 0.29) is 30.9 Å². The number of halogens is 2. The number of carbonyl (C=O) groups is 2. The van der Waals surface area contributed by atoms with E-state index >= 15 is 0 Å². The Balaban J connectivity index is 0.000000817. The Kier molecular flexibility index (Phi) is 8.03. The molecular weight excluding hydrogens is 458 g/mol. The van der Waals surface area contributed by atoms with Crippen LogP contribution in [-0.4, -0.2) is 42.2 Å². The Bertz CT molecular complexity index is 858. The van der Waals surface area contributed by atoms with E-state index in [2.05, 4.69) is 43.1 Å². The highest BCUT2D eigenvalue weighted by atomic mass is 79.9. The second-order valence-electron chi connectivity index (χ2n) is 5.70. The van der Waals surface area contributed by atoms with Crippen molar-refractivity contribution in [2.24, 2.45) is 5.73 Å². The summed E-state index contributed by atoms with van der Waals surface area (Å²) in [4.78, 5) is 25.4. The molecule has 27 heavy (non-hydrogen) atoms. The van der Waals surface area contributed by atoms with Gasteiger partial charge in [-0.1, -0.05) is 23.8 Å². The molecule has 0 aromatic carbocycles. The maximum atomic E-state index is 11.4. The molecule has 1 aliphatic rings. The molecule has 4 N–H and O–H groups in total. The maximum absolute atomic E-state index is 11.4. The molecule has 0 aliphatic heterocycles. The summed E-state index contributed by atoms with van der Waals surface area (Å²) < 4.78 is 6.56. The van der Waals surface area contributed by atoms with Crippen molar-refractivity contribution in [2.45, 2.75) is 24.8 Å². The topological polar surface area (TPSA) is 115 Å². The number of pyridine rings is 1. The number of allylic oxidation sites excluding steroid dienone is 1. The van der Waals surface area contributed by atoms with Gasteiger partial charge in [0, 0.05) is 22.9 Å². The SMILES string of the molecule is COC(=O)CNc1cc(Cl)nc2c(Br)c([C@H]3CC=CC[C@@H]3N)sc12.O=CO. The molecule has 0 radical (unpaired) electrons. The zero-order valence-corrected chi connectivity index (χ0v) is 17.6. The van der Waals surface area contributed by atoms with Gasteiger partial charge in [0.2, 0.25) is 0 Å². The number of nitrogens with zero attached hydrogens (tertiary/aromatic N) is 1. The highest BCUT2D eigenvalue weighted by Gasteiger charge is 2.27. The van der Waals surface area contributed by atoms with Crippen LogP contribution in [0, 0.1) is 0 Å². The molecule has 0 saturated carbocycles. The van der Waals surface area contributed by atoms with Crippen molar-refractivity contribution in [3.63, 3.8) is 0 Å². The largest absolute Gasteiger partial charge is 0.483 e. The van der Waals surface area contributed by atoms with E-state index in [0.29, 0.717) is 5.15 Å². The molecule has 0 unspecified atom stereocenters. The lowest BCUT2D eigenvalue weighted by atomic mass is 9.88. The summed E-state index contributed by atoms with van der Waals surface area (Å²) in [6.07, 6.45) is 6.07. The number of carbonyl (C=O) groups excluding carboxylic acids is 1. The van der Waals surface area contributed by atoms with E-state index in [1.165, 1.54) is 7.11 Å². The zero-order valence-electron chi connectivity index (χ0n) is 14.4. The lowest BCUT2D eigenvalue weighted by Crippen LogP contribution is -2.29. The summed E-state index contributed by atoms with van der Waals surface area (Å²) in [7, 11) is 1.36. The standard InChI is InChI=1S/C16H17BrClN3O2S.CH2O2/c1-23-12(22)7-20-10-6-11(18)21-14-13(17)15(24-16(10)14)8-4-2-3-5-9(8)19;2-1-3/h2-3,6,8-9H,4-5,7,19H2,1H3,(H,20,21);1H,(H,2,3)/t8-,9-;/m0./s1. The Morgan fingerprint density at radius 3 is 2.85 bits per heavy atom. The Morgan fingerprint density at radius 1 is 1.56 bits per heavy atom. The number of carboxylic acid groups (broad SMARTS) is 1. The minimum Gasteiger partial charge on any atom is -0.483 e. The normalized spacial score (nSPS) is 18.5. The summed E-state index contributed by atoms with van der Waals surface area (Å²) in [5.74, 6) is -0.0952. The smallest absolute Gasteiger partial charge is 0.325 e. The third-order valence-electron chi connectivity index (χ3n) is 4.05. The molecule has 7 nitrogen and oxygen atoms in total. The average molecular weight is 477 g/mol. The lowest BCUT2D eigenvalue weighted by molar-refractivity contribution is -0.138. The molecule has 1 aliphatic carbocycles. The molecule has 2 aromatic rings. The number of hydrogen-bond acceptors (Lipinski definition) is 7. The van der Waals surface area contributed by atoms with Gasteiger partial charge in [0.15, 0.2) is 0 Å². The maximum Gasteiger partial charge on any atom is 0.325 e. The first-order chi connectivity index (χ1) is 12.9. The van der Waals surface area contributed by atoms with Crippen molar-refractivity contribution in [1.82, 2.24) is 4.98 Å². The Hall–Kier alpha value is -1.68. The van der Waals surface area contributed by atoms with Crippen LogP contribution in [0.2, 0.25) is 5.15 Å². The van der Waals surface area contributed by atoms with Crippen molar-refractivity contribution in [2.75, 3.05) is 19.0 Å². The van der Waals surface area contributed by atoms with Crippen molar-refractivity contribution < 1.29 is 19.4 Å². The molecule has 0 amide bonds. The second kappa shape index (κ2) is 10.0. The molecule has 2 aromatic heterocycles. The number of ether oxygens (including phenoxy) is 1. The van der Waals surface area contributed by atoms with E-state index in [1.807, 2.05) is 0 Å². The van der Waals surface area contributed by atoms with E-state index in [9.17, 15) is 4.79 Å². The van der Waals surface area contributed by atoms with E-state index in [4.69, 9.17) is 27.2 Å². The van der Waals surface area contributed by atoms with Crippen LogP contribution >= 0.6 is 38.9 Å². The highest BCUT2D eigenvalue weighted by Crippen LogP contribution is 2.45. The fourth-order valence-electron chi connectivity index (χ4n) is 2.77. The summed E-state index contributed by atoms with van der Waals surface area (Å²) in [5, 5.41) is 10.3. The van der Waals surface area contributed by atoms with Gasteiger partial charge < -0.3 is 20.9 Å². The third kappa shape index (κ3) is 5.19. The fraction of sp³-hybridized carbons (Fsp3) is 0.353. The summed E-state index contributed by atoms with van der Waals surface area (Å²) in [6, 6.07) is 1.81. The van der Waals surface area contributed by atoms with Gasteiger partial charge in [0.1, 0.15) is 11.7 Å². The molecule has 146 valence electrons. The van der Waals surface area contributed by atoms with Crippen molar-refractivity contribution in [3.8, 4) is 0 Å². The minimum atomic E-state index is -0.341.